The lowest BCUT2D eigenvalue weighted by atomic mass is 9.70. The number of allylic oxidation sites excluding steroid dienone is 1. The van der Waals surface area contributed by atoms with Crippen LogP contribution in [0.3, 0.4) is 0 Å². The van der Waals surface area contributed by atoms with E-state index < -0.39 is 5.41 Å². The van der Waals surface area contributed by atoms with Gasteiger partial charge in [-0.15, -0.1) is 0 Å². The summed E-state index contributed by atoms with van der Waals surface area (Å²) in [5.41, 5.74) is 1.77. The van der Waals surface area contributed by atoms with Crippen molar-refractivity contribution in [3.63, 3.8) is 0 Å². The number of ether oxygens (including phenoxy) is 1. The molecule has 2 aromatic rings. The first-order chi connectivity index (χ1) is 11.6. The highest BCUT2D eigenvalue weighted by atomic mass is 16.5. The van der Waals surface area contributed by atoms with E-state index in [0.717, 1.165) is 12.0 Å². The average Bonchev–Trinajstić information content (AvgIpc) is 2.65. The molecule has 0 aliphatic heterocycles. The first kappa shape index (κ1) is 17.8. The maximum atomic E-state index is 9.90. The Kier molecular flexibility index (Phi) is 6.21. The van der Waals surface area contributed by atoms with Gasteiger partial charge in [-0.1, -0.05) is 81.1 Å². The number of rotatable bonds is 8. The largest absolute Gasteiger partial charge is 0.494 e. The molecule has 2 atom stereocenters. The van der Waals surface area contributed by atoms with E-state index in [9.17, 15) is 5.26 Å². The molecule has 0 N–H and O–H groups in total. The zero-order chi connectivity index (χ0) is 17.4. The third-order valence-electron chi connectivity index (χ3n) is 4.79. The number of benzene rings is 2. The standard InChI is InChI=1S/C22H25NO/c1-4-22(17-23,15-20-11-7-5-8-12-20)18(2)19(3)24-16-21-13-9-6-10-14-21/h5-14,18H,3-4,15-16H2,1-2H3/t18-,22+/m0/s1. The molecule has 0 bridgehead atoms. The summed E-state index contributed by atoms with van der Waals surface area (Å²) in [5, 5.41) is 9.90. The van der Waals surface area contributed by atoms with Crippen molar-refractivity contribution in [1.82, 2.24) is 0 Å². The average molecular weight is 319 g/mol. The van der Waals surface area contributed by atoms with Crippen LogP contribution < -0.4 is 0 Å². The fraction of sp³-hybridized carbons (Fsp3) is 0.318. The second-order valence-corrected chi connectivity index (χ2v) is 6.25. The first-order valence-corrected chi connectivity index (χ1v) is 8.42. The molecule has 2 heteroatoms. The molecule has 0 spiro atoms. The predicted molar refractivity (Wildman–Crippen MR) is 98.0 cm³/mol. The van der Waals surface area contributed by atoms with Crippen LogP contribution >= 0.6 is 0 Å². The molecule has 0 saturated carbocycles. The highest BCUT2D eigenvalue weighted by Crippen LogP contribution is 2.39. The second-order valence-electron chi connectivity index (χ2n) is 6.25. The van der Waals surface area contributed by atoms with Crippen LogP contribution in [0.1, 0.15) is 31.4 Å². The molecule has 0 amide bonds. The third-order valence-corrected chi connectivity index (χ3v) is 4.79. The number of hydrogen-bond acceptors (Lipinski definition) is 2. The van der Waals surface area contributed by atoms with Crippen molar-refractivity contribution in [3.05, 3.63) is 84.1 Å². The summed E-state index contributed by atoms with van der Waals surface area (Å²) in [7, 11) is 0. The maximum Gasteiger partial charge on any atom is 0.113 e. The van der Waals surface area contributed by atoms with Crippen LogP contribution in [0.5, 0.6) is 0 Å². The summed E-state index contributed by atoms with van der Waals surface area (Å²) in [6, 6.07) is 22.7. The molecule has 0 aliphatic carbocycles. The fourth-order valence-electron chi connectivity index (χ4n) is 2.94. The van der Waals surface area contributed by atoms with E-state index in [1.807, 2.05) is 55.5 Å². The monoisotopic (exact) mass is 319 g/mol. The van der Waals surface area contributed by atoms with Crippen molar-refractivity contribution in [1.29, 1.82) is 5.26 Å². The normalized spacial score (nSPS) is 14.2. The molecular formula is C22H25NO. The van der Waals surface area contributed by atoms with Gasteiger partial charge in [0.2, 0.25) is 0 Å². The summed E-state index contributed by atoms with van der Waals surface area (Å²) < 4.78 is 5.89. The van der Waals surface area contributed by atoms with Crippen LogP contribution in [0.2, 0.25) is 0 Å². The lowest BCUT2D eigenvalue weighted by Gasteiger charge is -2.33. The summed E-state index contributed by atoms with van der Waals surface area (Å²) in [6.45, 7) is 8.69. The zero-order valence-corrected chi connectivity index (χ0v) is 14.5. The van der Waals surface area contributed by atoms with Gasteiger partial charge in [0.1, 0.15) is 6.61 Å². The number of hydrogen-bond donors (Lipinski definition) is 0. The van der Waals surface area contributed by atoms with Gasteiger partial charge >= 0.3 is 0 Å². The van der Waals surface area contributed by atoms with Gasteiger partial charge in [-0.2, -0.15) is 5.26 Å². The third kappa shape index (κ3) is 4.26. The highest BCUT2D eigenvalue weighted by Gasteiger charge is 2.37. The SMILES string of the molecule is C=C(OCc1ccccc1)[C@H](C)[C@](C#N)(CC)Cc1ccccc1. The molecule has 0 unspecified atom stereocenters. The molecule has 124 valence electrons. The Morgan fingerprint density at radius 1 is 1.08 bits per heavy atom. The van der Waals surface area contributed by atoms with E-state index in [-0.39, 0.29) is 5.92 Å². The van der Waals surface area contributed by atoms with Gasteiger partial charge in [0.15, 0.2) is 0 Å². The Bertz CT molecular complexity index is 687. The number of nitrogens with zero attached hydrogens (tertiary/aromatic N) is 1. The van der Waals surface area contributed by atoms with Crippen molar-refractivity contribution in [2.45, 2.75) is 33.3 Å². The van der Waals surface area contributed by atoms with Crippen molar-refractivity contribution < 1.29 is 4.74 Å². The Morgan fingerprint density at radius 3 is 2.12 bits per heavy atom. The molecule has 2 aromatic carbocycles. The maximum absolute atomic E-state index is 9.90. The van der Waals surface area contributed by atoms with Crippen molar-refractivity contribution in [2.75, 3.05) is 0 Å². The summed E-state index contributed by atoms with van der Waals surface area (Å²) in [5.74, 6) is 0.634. The van der Waals surface area contributed by atoms with Crippen molar-refractivity contribution in [2.24, 2.45) is 11.3 Å². The Balaban J connectivity index is 2.08. The minimum Gasteiger partial charge on any atom is -0.494 e. The zero-order valence-electron chi connectivity index (χ0n) is 14.5. The predicted octanol–water partition coefficient (Wildman–Crippen LogP) is 5.52. The van der Waals surface area contributed by atoms with Gasteiger partial charge < -0.3 is 4.74 Å². The van der Waals surface area contributed by atoms with Crippen molar-refractivity contribution >= 4 is 0 Å². The minimum absolute atomic E-state index is 0.0450. The van der Waals surface area contributed by atoms with Crippen LogP contribution in [0.4, 0.5) is 0 Å². The number of nitriles is 1. The van der Waals surface area contributed by atoms with Gasteiger partial charge in [0, 0.05) is 5.92 Å². The first-order valence-electron chi connectivity index (χ1n) is 8.42. The minimum atomic E-state index is -0.505. The molecule has 0 aromatic heterocycles. The molecule has 0 radical (unpaired) electrons. The highest BCUT2D eigenvalue weighted by molar-refractivity contribution is 5.22. The van der Waals surface area contributed by atoms with Crippen LogP contribution in [-0.2, 0) is 17.8 Å². The Hall–Kier alpha value is -2.53. The smallest absolute Gasteiger partial charge is 0.113 e. The summed E-state index contributed by atoms with van der Waals surface area (Å²) in [6.07, 6.45) is 1.46. The second kappa shape index (κ2) is 8.36. The van der Waals surface area contributed by atoms with E-state index in [4.69, 9.17) is 4.74 Å². The molecule has 2 nitrogen and oxygen atoms in total. The molecule has 24 heavy (non-hydrogen) atoms. The van der Waals surface area contributed by atoms with Gasteiger partial charge in [0.05, 0.1) is 17.2 Å². The van der Waals surface area contributed by atoms with Gasteiger partial charge in [-0.25, -0.2) is 0 Å². The molecule has 0 fully saturated rings. The van der Waals surface area contributed by atoms with Crippen LogP contribution in [0, 0.1) is 22.7 Å². The summed E-state index contributed by atoms with van der Waals surface area (Å²) >= 11 is 0. The lowest BCUT2D eigenvalue weighted by molar-refractivity contribution is 0.125. The van der Waals surface area contributed by atoms with Gasteiger partial charge in [0.25, 0.3) is 0 Å². The van der Waals surface area contributed by atoms with E-state index in [1.165, 1.54) is 5.56 Å². The van der Waals surface area contributed by atoms with Crippen molar-refractivity contribution in [3.8, 4) is 6.07 Å². The lowest BCUT2D eigenvalue weighted by Crippen LogP contribution is -2.31. The van der Waals surface area contributed by atoms with Gasteiger partial charge in [-0.3, -0.25) is 0 Å². The van der Waals surface area contributed by atoms with Crippen LogP contribution in [0.25, 0.3) is 0 Å². The Labute approximate surface area is 145 Å². The van der Waals surface area contributed by atoms with E-state index in [1.54, 1.807) is 0 Å². The molecule has 2 rings (SSSR count). The van der Waals surface area contributed by atoms with E-state index in [0.29, 0.717) is 18.8 Å². The van der Waals surface area contributed by atoms with Gasteiger partial charge in [-0.05, 0) is 24.0 Å². The van der Waals surface area contributed by atoms with Crippen LogP contribution in [-0.4, -0.2) is 0 Å². The summed E-state index contributed by atoms with van der Waals surface area (Å²) in [4.78, 5) is 0. The van der Waals surface area contributed by atoms with E-state index in [2.05, 4.69) is 31.7 Å². The molecule has 0 aliphatic rings. The van der Waals surface area contributed by atoms with E-state index >= 15 is 0 Å². The topological polar surface area (TPSA) is 33.0 Å². The van der Waals surface area contributed by atoms with Crippen LogP contribution in [0.15, 0.2) is 73.0 Å². The molecular weight excluding hydrogens is 294 g/mol. The quantitative estimate of drug-likeness (QED) is 0.600. The Morgan fingerprint density at radius 2 is 1.62 bits per heavy atom. The molecule has 0 heterocycles. The fourth-order valence-corrected chi connectivity index (χ4v) is 2.94. The molecule has 0 saturated heterocycles.